The number of rotatable bonds is 4. The van der Waals surface area contributed by atoms with Crippen LogP contribution < -0.4 is 19.6 Å². The fourth-order valence-electron chi connectivity index (χ4n) is 8.13. The first kappa shape index (κ1) is 42.7. The van der Waals surface area contributed by atoms with Gasteiger partial charge < -0.3 is 0 Å². The van der Waals surface area contributed by atoms with Gasteiger partial charge in [0.1, 0.15) is 23.3 Å². The number of hydrogen-bond donors (Lipinski definition) is 0. The molecule has 2 aliphatic heterocycles. The molecule has 0 fully saturated rings. The van der Waals surface area contributed by atoms with Crippen LogP contribution in [0.15, 0.2) is 109 Å². The van der Waals surface area contributed by atoms with Crippen molar-refractivity contribution in [3.63, 3.8) is 0 Å². The van der Waals surface area contributed by atoms with E-state index in [0.29, 0.717) is 0 Å². The van der Waals surface area contributed by atoms with E-state index in [4.69, 9.17) is 19.9 Å². The Hall–Kier alpha value is -6.02. The van der Waals surface area contributed by atoms with Crippen molar-refractivity contribution in [2.45, 2.75) is 132 Å². The summed E-state index contributed by atoms with van der Waals surface area (Å²) in [4.78, 5) is 31.5. The monoisotopic (exact) mass is 825 g/mol. The van der Waals surface area contributed by atoms with Crippen molar-refractivity contribution in [3.05, 3.63) is 154 Å². The van der Waals surface area contributed by atoms with Gasteiger partial charge in [-0.25, -0.2) is 19.9 Å². The van der Waals surface area contributed by atoms with Gasteiger partial charge in [0.15, 0.2) is 11.6 Å². The second kappa shape index (κ2) is 14.8. The van der Waals surface area contributed by atoms with E-state index in [-0.39, 0.29) is 21.7 Å². The standard InChI is InChI=1S/C54H64N8/c1-33-29-37-38(30-34(33)2)60(46-26-18-22-42(56-46)52(8,9)10)49(59(37)45-25-17-21-41(55-45)51(5,6)7)50-61(47-27-19-23-43(57-47)53(11,12)13)39-31-35(3)36(4)32-40(39)62(50)48-28-20-24-44(58-48)54(14,15)16/h17-32H,1-16H3. The Morgan fingerprint density at radius 3 is 0.677 bits per heavy atom. The Labute approximate surface area is 370 Å². The quantitative estimate of drug-likeness (QED) is 0.174. The van der Waals surface area contributed by atoms with Crippen molar-refractivity contribution in [1.29, 1.82) is 0 Å². The first-order chi connectivity index (χ1) is 28.9. The molecule has 0 N–H and O–H groups in total. The summed E-state index contributed by atoms with van der Waals surface area (Å²) in [5.41, 5.74) is 12.1. The summed E-state index contributed by atoms with van der Waals surface area (Å²) < 4.78 is 0. The van der Waals surface area contributed by atoms with Crippen molar-refractivity contribution < 1.29 is 0 Å². The maximum Gasteiger partial charge on any atom is 0.168 e. The van der Waals surface area contributed by atoms with Crippen molar-refractivity contribution in [1.82, 2.24) is 19.9 Å². The Morgan fingerprint density at radius 2 is 0.500 bits per heavy atom. The first-order valence-electron chi connectivity index (χ1n) is 22.0. The highest BCUT2D eigenvalue weighted by molar-refractivity contribution is 5.99. The third-order valence-electron chi connectivity index (χ3n) is 12.1. The number of aromatic nitrogens is 4. The zero-order valence-corrected chi connectivity index (χ0v) is 39.8. The van der Waals surface area contributed by atoms with Crippen LogP contribution in [-0.4, -0.2) is 19.9 Å². The largest absolute Gasteiger partial charge is 0.275 e. The molecule has 0 unspecified atom stereocenters. The molecular formula is C54H64N8. The summed E-state index contributed by atoms with van der Waals surface area (Å²) in [7, 11) is 0. The molecule has 0 saturated carbocycles. The molecule has 0 aliphatic carbocycles. The summed E-state index contributed by atoms with van der Waals surface area (Å²) >= 11 is 0. The predicted molar refractivity (Wildman–Crippen MR) is 259 cm³/mol. The molecule has 2 aromatic carbocycles. The molecule has 2 aliphatic rings. The van der Waals surface area contributed by atoms with E-state index in [1.807, 2.05) is 0 Å². The van der Waals surface area contributed by atoms with Crippen LogP contribution in [-0.2, 0) is 21.7 Å². The topological polar surface area (TPSA) is 64.5 Å². The average Bonchev–Trinajstić information content (AvgIpc) is 3.68. The van der Waals surface area contributed by atoms with E-state index < -0.39 is 0 Å². The Kier molecular flexibility index (Phi) is 10.2. The predicted octanol–water partition coefficient (Wildman–Crippen LogP) is 14.1. The normalized spacial score (nSPS) is 14.6. The lowest BCUT2D eigenvalue weighted by Crippen LogP contribution is -2.35. The van der Waals surface area contributed by atoms with Gasteiger partial charge in [-0.1, -0.05) is 107 Å². The van der Waals surface area contributed by atoms with E-state index in [9.17, 15) is 0 Å². The molecule has 0 radical (unpaired) electrons. The van der Waals surface area contributed by atoms with Crippen LogP contribution in [0.5, 0.6) is 0 Å². The molecule has 8 nitrogen and oxygen atoms in total. The van der Waals surface area contributed by atoms with Gasteiger partial charge in [0.25, 0.3) is 0 Å². The average molecular weight is 825 g/mol. The molecule has 4 aromatic heterocycles. The minimum absolute atomic E-state index is 0.192. The van der Waals surface area contributed by atoms with E-state index in [1.54, 1.807) is 0 Å². The van der Waals surface area contributed by atoms with Gasteiger partial charge in [-0.3, -0.25) is 19.6 Å². The smallest absolute Gasteiger partial charge is 0.168 e. The number of benzene rings is 2. The zero-order valence-electron chi connectivity index (χ0n) is 39.8. The maximum atomic E-state index is 5.53. The summed E-state index contributed by atoms with van der Waals surface area (Å²) in [6.07, 6.45) is 0. The fraction of sp³-hybridized carbons (Fsp3) is 0.370. The molecule has 0 amide bonds. The van der Waals surface area contributed by atoms with Gasteiger partial charge in [-0.05, 0) is 123 Å². The van der Waals surface area contributed by atoms with Crippen LogP contribution in [0.1, 0.15) is 128 Å². The van der Waals surface area contributed by atoms with Crippen LogP contribution >= 0.6 is 0 Å². The fourth-order valence-corrected chi connectivity index (χ4v) is 8.13. The summed E-state index contributed by atoms with van der Waals surface area (Å²) in [5.74, 6) is 5.01. The Bertz CT molecular complexity index is 2380. The van der Waals surface area contributed by atoms with Crippen LogP contribution in [0, 0.1) is 27.7 Å². The van der Waals surface area contributed by atoms with Gasteiger partial charge in [0.2, 0.25) is 0 Å². The van der Waals surface area contributed by atoms with Gasteiger partial charge >= 0.3 is 0 Å². The Balaban J connectivity index is 1.60. The van der Waals surface area contributed by atoms with Crippen LogP contribution in [0.3, 0.4) is 0 Å². The van der Waals surface area contributed by atoms with Crippen LogP contribution in [0.2, 0.25) is 0 Å². The SMILES string of the molecule is Cc1cc2c(cc1C)N(c1cccc(C(C)(C)C)n1)C(=C1N(c3cccc(C(C)(C)C)n3)c3cc(C)c(C)cc3N1c1cccc(C(C)(C)C)n1)N2c1cccc(C(C)(C)C)n1. The molecule has 0 spiro atoms. The lowest BCUT2D eigenvalue weighted by molar-refractivity contribution is 0.568. The molecule has 6 aromatic rings. The number of anilines is 8. The van der Waals surface area contributed by atoms with E-state index in [0.717, 1.165) is 80.4 Å². The van der Waals surface area contributed by atoms with Crippen molar-refractivity contribution in [3.8, 4) is 0 Å². The second-order valence-corrected chi connectivity index (χ2v) is 21.4. The molecule has 62 heavy (non-hydrogen) atoms. The number of pyridine rings is 4. The Morgan fingerprint density at radius 1 is 0.306 bits per heavy atom. The highest BCUT2D eigenvalue weighted by Gasteiger charge is 2.47. The molecule has 0 atom stereocenters. The van der Waals surface area contributed by atoms with Crippen molar-refractivity contribution in [2.75, 3.05) is 19.6 Å². The van der Waals surface area contributed by atoms with Gasteiger partial charge in [0, 0.05) is 44.4 Å². The third kappa shape index (κ3) is 7.52. The minimum Gasteiger partial charge on any atom is -0.275 e. The number of hydrogen-bond acceptors (Lipinski definition) is 8. The maximum absolute atomic E-state index is 5.53. The molecule has 8 rings (SSSR count). The molecule has 0 bridgehead atoms. The van der Waals surface area contributed by atoms with Crippen molar-refractivity contribution in [2.24, 2.45) is 0 Å². The summed E-state index contributed by atoms with van der Waals surface area (Å²) in [5, 5.41) is 0. The van der Waals surface area contributed by atoms with E-state index in [1.165, 1.54) is 22.3 Å². The van der Waals surface area contributed by atoms with Gasteiger partial charge in [0.05, 0.1) is 22.7 Å². The number of fused-ring (bicyclic) bond motifs is 2. The highest BCUT2D eigenvalue weighted by Crippen LogP contribution is 2.57. The highest BCUT2D eigenvalue weighted by atomic mass is 15.5. The van der Waals surface area contributed by atoms with Gasteiger partial charge in [-0.15, -0.1) is 0 Å². The number of nitrogens with zero attached hydrogens (tertiary/aromatic N) is 8. The molecule has 8 heteroatoms. The minimum atomic E-state index is -0.192. The molecular weight excluding hydrogens is 761 g/mol. The molecule has 320 valence electrons. The zero-order chi connectivity index (χ0) is 44.8. The molecule has 0 saturated heterocycles. The lowest BCUT2D eigenvalue weighted by Gasteiger charge is -2.34. The van der Waals surface area contributed by atoms with Crippen LogP contribution in [0.25, 0.3) is 0 Å². The lowest BCUT2D eigenvalue weighted by atomic mass is 9.91. The van der Waals surface area contributed by atoms with Crippen molar-refractivity contribution >= 4 is 46.0 Å². The summed E-state index contributed by atoms with van der Waals surface area (Å²) in [6.45, 7) is 35.5. The van der Waals surface area contributed by atoms with Gasteiger partial charge in [-0.2, -0.15) is 0 Å². The molecule has 6 heterocycles. The number of aryl methyl sites for hydroxylation is 4. The van der Waals surface area contributed by atoms with E-state index >= 15 is 0 Å². The van der Waals surface area contributed by atoms with Crippen LogP contribution in [0.4, 0.5) is 46.0 Å². The van der Waals surface area contributed by atoms with E-state index in [2.05, 4.69) is 227 Å². The summed E-state index contributed by atoms with van der Waals surface area (Å²) in [6, 6.07) is 34.9. The third-order valence-corrected chi connectivity index (χ3v) is 12.1. The first-order valence-corrected chi connectivity index (χ1v) is 22.0. The second-order valence-electron chi connectivity index (χ2n) is 21.4.